The Labute approximate surface area is 221 Å². The zero-order valence-corrected chi connectivity index (χ0v) is 22.1. The molecule has 8 heteroatoms. The molecule has 168 valence electrons. The van der Waals surface area contributed by atoms with Crippen LogP contribution in [0.5, 0.6) is 0 Å². The summed E-state index contributed by atoms with van der Waals surface area (Å²) in [6.45, 7) is 0. The molecular formula is C25H19Cl3N2S3. The van der Waals surface area contributed by atoms with Crippen molar-refractivity contribution in [2.45, 2.75) is 32.1 Å². The van der Waals surface area contributed by atoms with Gasteiger partial charge in [0.25, 0.3) is 0 Å². The molecule has 0 aliphatic heterocycles. The number of thioether (sulfide) groups is 3. The van der Waals surface area contributed by atoms with E-state index >= 15 is 0 Å². The molecular weight excluding hydrogens is 531 g/mol. The zero-order valence-electron chi connectivity index (χ0n) is 17.4. The highest BCUT2D eigenvalue weighted by molar-refractivity contribution is 8.03. The first-order valence-corrected chi connectivity index (χ1v) is 14.1. The fourth-order valence-corrected chi connectivity index (χ4v) is 7.30. The Bertz CT molecular complexity index is 1170. The van der Waals surface area contributed by atoms with Gasteiger partial charge in [0.05, 0.1) is 11.1 Å². The molecule has 33 heavy (non-hydrogen) atoms. The molecule has 4 rings (SSSR count). The van der Waals surface area contributed by atoms with Crippen molar-refractivity contribution < 1.29 is 0 Å². The van der Waals surface area contributed by atoms with E-state index in [1.165, 1.54) is 0 Å². The summed E-state index contributed by atoms with van der Waals surface area (Å²) in [5, 5.41) is 11.9. The normalized spacial score (nSPS) is 11.0. The Morgan fingerprint density at radius 2 is 1.03 bits per heavy atom. The van der Waals surface area contributed by atoms with Gasteiger partial charge in [0.2, 0.25) is 0 Å². The Morgan fingerprint density at radius 3 is 1.55 bits per heavy atom. The number of hydrogen-bond acceptors (Lipinski definition) is 5. The van der Waals surface area contributed by atoms with Gasteiger partial charge < -0.3 is 0 Å². The topological polar surface area (TPSA) is 25.8 Å². The lowest BCUT2D eigenvalue weighted by molar-refractivity contribution is 0.831. The molecule has 1 aromatic heterocycles. The van der Waals surface area contributed by atoms with Gasteiger partial charge in [-0.25, -0.2) is 0 Å². The van der Waals surface area contributed by atoms with Crippen molar-refractivity contribution >= 4 is 70.1 Å². The van der Waals surface area contributed by atoms with Crippen LogP contribution in [0.4, 0.5) is 0 Å². The largest absolute Gasteiger partial charge is 0.157 e. The molecule has 0 atom stereocenters. The molecule has 0 aliphatic carbocycles. The third kappa shape index (κ3) is 6.84. The van der Waals surface area contributed by atoms with Gasteiger partial charge >= 0.3 is 0 Å². The first-order valence-electron chi connectivity index (χ1n) is 10.1. The zero-order chi connectivity index (χ0) is 23.0. The highest BCUT2D eigenvalue weighted by atomic mass is 35.5. The SMILES string of the molecule is Clc1ccccc1CSc1cnnc(SCc2ccccc2Cl)c1SCc1ccccc1Cl. The summed E-state index contributed by atoms with van der Waals surface area (Å²) < 4.78 is 0. The van der Waals surface area contributed by atoms with Crippen LogP contribution in [0.2, 0.25) is 15.1 Å². The Hall–Kier alpha value is -1.34. The van der Waals surface area contributed by atoms with Crippen LogP contribution in [-0.2, 0) is 17.3 Å². The molecule has 0 saturated heterocycles. The van der Waals surface area contributed by atoms with Crippen molar-refractivity contribution in [1.82, 2.24) is 10.2 Å². The van der Waals surface area contributed by atoms with Crippen LogP contribution in [-0.4, -0.2) is 10.2 Å². The van der Waals surface area contributed by atoms with Crippen LogP contribution < -0.4 is 0 Å². The van der Waals surface area contributed by atoms with Crippen LogP contribution in [0.1, 0.15) is 16.7 Å². The number of rotatable bonds is 9. The maximum Gasteiger partial charge on any atom is 0.134 e. The van der Waals surface area contributed by atoms with Gasteiger partial charge in [-0.15, -0.1) is 28.6 Å². The molecule has 0 bridgehead atoms. The van der Waals surface area contributed by atoms with E-state index in [0.29, 0.717) is 5.75 Å². The summed E-state index contributed by atoms with van der Waals surface area (Å²) in [7, 11) is 0. The summed E-state index contributed by atoms with van der Waals surface area (Å²) in [5.74, 6) is 2.21. The molecule has 3 aromatic carbocycles. The molecule has 4 aromatic rings. The fourth-order valence-electron chi connectivity index (χ4n) is 2.97. The fraction of sp³-hybridized carbons (Fsp3) is 0.120. The van der Waals surface area contributed by atoms with Crippen LogP contribution >= 0.6 is 70.1 Å². The summed E-state index contributed by atoms with van der Waals surface area (Å²) in [4.78, 5) is 2.17. The van der Waals surface area contributed by atoms with Crippen LogP contribution in [0.15, 0.2) is 93.8 Å². The summed E-state index contributed by atoms with van der Waals surface area (Å²) >= 11 is 24.2. The number of aromatic nitrogens is 2. The van der Waals surface area contributed by atoms with Crippen molar-refractivity contribution in [2.75, 3.05) is 0 Å². The molecule has 0 saturated carbocycles. The highest BCUT2D eigenvalue weighted by Crippen LogP contribution is 2.41. The Morgan fingerprint density at radius 1 is 0.576 bits per heavy atom. The van der Waals surface area contributed by atoms with E-state index in [1.807, 2.05) is 72.9 Å². The summed E-state index contributed by atoms with van der Waals surface area (Å²) in [6, 6.07) is 23.7. The lowest BCUT2D eigenvalue weighted by atomic mass is 10.2. The molecule has 1 heterocycles. The minimum Gasteiger partial charge on any atom is -0.157 e. The molecule has 0 radical (unpaired) electrons. The second kappa shape index (κ2) is 12.4. The van der Waals surface area contributed by atoms with Crippen LogP contribution in [0, 0.1) is 0 Å². The van der Waals surface area contributed by atoms with Crippen molar-refractivity contribution in [3.05, 3.63) is 111 Å². The summed E-state index contributed by atoms with van der Waals surface area (Å²) in [5.41, 5.74) is 3.25. The quantitative estimate of drug-likeness (QED) is 0.194. The van der Waals surface area contributed by atoms with Crippen molar-refractivity contribution in [1.29, 1.82) is 0 Å². The van der Waals surface area contributed by atoms with Gasteiger partial charge in [0, 0.05) is 37.2 Å². The van der Waals surface area contributed by atoms with Gasteiger partial charge in [0.15, 0.2) is 0 Å². The third-order valence-electron chi connectivity index (χ3n) is 4.73. The van der Waals surface area contributed by atoms with E-state index in [4.69, 9.17) is 34.8 Å². The molecule has 0 amide bonds. The average molecular weight is 550 g/mol. The van der Waals surface area contributed by atoms with Crippen molar-refractivity contribution in [2.24, 2.45) is 0 Å². The van der Waals surface area contributed by atoms with Crippen molar-refractivity contribution in [3.63, 3.8) is 0 Å². The molecule has 0 aliphatic rings. The van der Waals surface area contributed by atoms with E-state index in [0.717, 1.165) is 58.1 Å². The number of hydrogen-bond donors (Lipinski definition) is 0. The van der Waals surface area contributed by atoms with Crippen molar-refractivity contribution in [3.8, 4) is 0 Å². The second-order valence-electron chi connectivity index (χ2n) is 6.98. The van der Waals surface area contributed by atoms with E-state index in [-0.39, 0.29) is 0 Å². The smallest absolute Gasteiger partial charge is 0.134 e. The second-order valence-corrected chi connectivity index (χ2v) is 11.2. The number of benzene rings is 3. The van der Waals surface area contributed by atoms with E-state index in [9.17, 15) is 0 Å². The lowest BCUT2D eigenvalue weighted by Crippen LogP contribution is -1.95. The Kier molecular flexibility index (Phi) is 9.30. The predicted octanol–water partition coefficient (Wildman–Crippen LogP) is 9.31. The summed E-state index contributed by atoms with van der Waals surface area (Å²) in [6.07, 6.45) is 1.83. The van der Waals surface area contributed by atoms with Crippen LogP contribution in [0.3, 0.4) is 0 Å². The van der Waals surface area contributed by atoms with Gasteiger partial charge in [0.1, 0.15) is 5.03 Å². The van der Waals surface area contributed by atoms with Gasteiger partial charge in [-0.2, -0.15) is 5.10 Å². The predicted molar refractivity (Wildman–Crippen MR) is 145 cm³/mol. The van der Waals surface area contributed by atoms with E-state index in [1.54, 1.807) is 35.3 Å². The number of halogens is 3. The third-order valence-corrected chi connectivity index (χ3v) is 9.35. The monoisotopic (exact) mass is 548 g/mol. The number of nitrogens with zero attached hydrogens (tertiary/aromatic N) is 2. The highest BCUT2D eigenvalue weighted by Gasteiger charge is 2.15. The first kappa shape index (κ1) is 24.8. The van der Waals surface area contributed by atoms with Crippen LogP contribution in [0.25, 0.3) is 0 Å². The molecule has 0 fully saturated rings. The standard InChI is InChI=1S/C25H19Cl3N2S3/c26-20-10-4-1-7-17(20)14-31-23-13-29-30-25(33-16-19-9-3-6-12-22(19)28)24(23)32-15-18-8-2-5-11-21(18)27/h1-13H,14-16H2. The Balaban J connectivity index is 1.58. The van der Waals surface area contributed by atoms with Gasteiger partial charge in [-0.05, 0) is 34.9 Å². The average Bonchev–Trinajstić information content (AvgIpc) is 2.83. The van der Waals surface area contributed by atoms with Gasteiger partial charge in [-0.3, -0.25) is 0 Å². The van der Waals surface area contributed by atoms with E-state index in [2.05, 4.69) is 16.3 Å². The van der Waals surface area contributed by atoms with E-state index < -0.39 is 0 Å². The molecule has 2 nitrogen and oxygen atoms in total. The molecule has 0 unspecified atom stereocenters. The molecule has 0 N–H and O–H groups in total. The maximum atomic E-state index is 6.41. The maximum absolute atomic E-state index is 6.41. The first-order chi connectivity index (χ1) is 16.1. The minimum absolute atomic E-state index is 0.715. The van der Waals surface area contributed by atoms with Gasteiger partial charge in [-0.1, -0.05) is 101 Å². The molecule has 0 spiro atoms. The minimum atomic E-state index is 0.715. The lowest BCUT2D eigenvalue weighted by Gasteiger charge is -2.13.